The number of carbonyl (C=O) groups is 3. The van der Waals surface area contributed by atoms with Crippen LogP contribution in [0.15, 0.2) is 12.1 Å². The molecule has 0 bridgehead atoms. The Bertz CT molecular complexity index is 1520. The van der Waals surface area contributed by atoms with Crippen molar-refractivity contribution in [1.82, 2.24) is 0 Å². The molecule has 0 aliphatic heterocycles. The standard InChI is InChI=1S/C29H30O10/c1-11-9-18(30)15(5)23(31)20(11)28(35)38-19-10-12(2)21(26(37-8)16(19)6)29(36)39-25-14(4)13(3)22(27(33)34)24(32)17(25)7/h9-10,30-32H,1-8H3,(H,33,34). The summed E-state index contributed by atoms with van der Waals surface area (Å²) in [6.07, 6.45) is 0. The van der Waals surface area contributed by atoms with Crippen LogP contribution in [0.3, 0.4) is 0 Å². The van der Waals surface area contributed by atoms with Gasteiger partial charge in [0.15, 0.2) is 0 Å². The van der Waals surface area contributed by atoms with Gasteiger partial charge in [-0.1, -0.05) is 0 Å². The number of hydrogen-bond donors (Lipinski definition) is 4. The molecule has 3 aromatic rings. The van der Waals surface area contributed by atoms with Crippen LogP contribution in [0.5, 0.6) is 34.5 Å². The Morgan fingerprint density at radius 2 is 1.15 bits per heavy atom. The van der Waals surface area contributed by atoms with E-state index >= 15 is 0 Å². The summed E-state index contributed by atoms with van der Waals surface area (Å²) in [6, 6.07) is 2.79. The Morgan fingerprint density at radius 1 is 0.615 bits per heavy atom. The summed E-state index contributed by atoms with van der Waals surface area (Å²) in [7, 11) is 1.33. The summed E-state index contributed by atoms with van der Waals surface area (Å²) >= 11 is 0. The maximum Gasteiger partial charge on any atom is 0.347 e. The molecule has 0 aromatic heterocycles. The fourth-order valence-electron chi connectivity index (χ4n) is 4.43. The number of carboxylic acid groups (broad SMARTS) is 1. The third kappa shape index (κ3) is 4.93. The quantitative estimate of drug-likeness (QED) is 0.245. The van der Waals surface area contributed by atoms with E-state index < -0.39 is 29.4 Å². The van der Waals surface area contributed by atoms with Crippen molar-refractivity contribution in [3.63, 3.8) is 0 Å². The van der Waals surface area contributed by atoms with Crippen molar-refractivity contribution in [3.05, 3.63) is 67.8 Å². The molecule has 10 heteroatoms. The predicted octanol–water partition coefficient (Wildman–Crippen LogP) is 5.11. The lowest BCUT2D eigenvalue weighted by molar-refractivity contribution is 0.0689. The van der Waals surface area contributed by atoms with Gasteiger partial charge in [0.2, 0.25) is 0 Å². The smallest absolute Gasteiger partial charge is 0.347 e. The van der Waals surface area contributed by atoms with E-state index in [9.17, 15) is 34.8 Å². The van der Waals surface area contributed by atoms with Crippen molar-refractivity contribution in [2.45, 2.75) is 48.5 Å². The molecule has 0 aliphatic carbocycles. The number of ether oxygens (including phenoxy) is 3. The third-order valence-electron chi connectivity index (χ3n) is 6.84. The minimum atomic E-state index is -1.31. The monoisotopic (exact) mass is 538 g/mol. The Kier molecular flexibility index (Phi) is 7.81. The minimum absolute atomic E-state index is 0.0169. The summed E-state index contributed by atoms with van der Waals surface area (Å²) < 4.78 is 16.7. The molecule has 0 fully saturated rings. The normalized spacial score (nSPS) is 10.8. The first-order valence-electron chi connectivity index (χ1n) is 11.8. The number of carboxylic acids is 1. The molecule has 0 amide bonds. The summed E-state index contributed by atoms with van der Waals surface area (Å²) in [5, 5.41) is 40.2. The zero-order chi connectivity index (χ0) is 29.5. The summed E-state index contributed by atoms with van der Waals surface area (Å²) in [6.45, 7) is 10.7. The molecule has 4 N–H and O–H groups in total. The van der Waals surface area contributed by atoms with E-state index in [-0.39, 0.29) is 56.4 Å². The molecule has 0 saturated carbocycles. The second kappa shape index (κ2) is 10.6. The van der Waals surface area contributed by atoms with Crippen LogP contribution in [0.2, 0.25) is 0 Å². The average molecular weight is 539 g/mol. The maximum absolute atomic E-state index is 13.4. The second-order valence-electron chi connectivity index (χ2n) is 9.30. The van der Waals surface area contributed by atoms with Crippen molar-refractivity contribution in [2.24, 2.45) is 0 Å². The third-order valence-corrected chi connectivity index (χ3v) is 6.84. The van der Waals surface area contributed by atoms with Gasteiger partial charge in [-0.2, -0.15) is 0 Å². The van der Waals surface area contributed by atoms with Gasteiger partial charge in [0, 0.05) is 16.7 Å². The minimum Gasteiger partial charge on any atom is -0.508 e. The molecule has 39 heavy (non-hydrogen) atoms. The molecule has 0 unspecified atom stereocenters. The fraction of sp³-hybridized carbons (Fsp3) is 0.276. The molecule has 0 atom stereocenters. The first-order valence-corrected chi connectivity index (χ1v) is 11.8. The number of carbonyl (C=O) groups excluding carboxylic acids is 2. The van der Waals surface area contributed by atoms with E-state index in [4.69, 9.17) is 14.2 Å². The highest BCUT2D eigenvalue weighted by atomic mass is 16.5. The lowest BCUT2D eigenvalue weighted by atomic mass is 9.97. The van der Waals surface area contributed by atoms with E-state index in [2.05, 4.69) is 0 Å². The number of rotatable bonds is 6. The number of phenols is 3. The van der Waals surface area contributed by atoms with E-state index in [0.29, 0.717) is 22.3 Å². The highest BCUT2D eigenvalue weighted by Crippen LogP contribution is 2.40. The van der Waals surface area contributed by atoms with Gasteiger partial charge in [-0.05, 0) is 82.9 Å². The van der Waals surface area contributed by atoms with Gasteiger partial charge >= 0.3 is 17.9 Å². The highest BCUT2D eigenvalue weighted by molar-refractivity contribution is 5.99. The largest absolute Gasteiger partial charge is 0.508 e. The molecule has 0 spiro atoms. The summed E-state index contributed by atoms with van der Waals surface area (Å²) in [5.74, 6) is -3.92. The maximum atomic E-state index is 13.4. The Morgan fingerprint density at radius 3 is 1.72 bits per heavy atom. The van der Waals surface area contributed by atoms with Crippen LogP contribution >= 0.6 is 0 Å². The van der Waals surface area contributed by atoms with Crippen LogP contribution < -0.4 is 14.2 Å². The van der Waals surface area contributed by atoms with Gasteiger partial charge in [0.1, 0.15) is 51.2 Å². The van der Waals surface area contributed by atoms with Crippen LogP contribution in [0.4, 0.5) is 0 Å². The first-order chi connectivity index (χ1) is 18.1. The van der Waals surface area contributed by atoms with Gasteiger partial charge in [-0.15, -0.1) is 0 Å². The molecule has 3 rings (SSSR count). The zero-order valence-electron chi connectivity index (χ0n) is 22.9. The van der Waals surface area contributed by atoms with Gasteiger partial charge < -0.3 is 34.6 Å². The Hall–Kier alpha value is -4.73. The van der Waals surface area contributed by atoms with Crippen molar-refractivity contribution in [2.75, 3.05) is 7.11 Å². The SMILES string of the molecule is COc1c(C)c(OC(=O)c2c(C)cc(O)c(C)c2O)cc(C)c1C(=O)Oc1c(C)c(C)c(C(=O)O)c(O)c1C. The van der Waals surface area contributed by atoms with Crippen LogP contribution in [-0.4, -0.2) is 45.4 Å². The van der Waals surface area contributed by atoms with Crippen molar-refractivity contribution < 1.29 is 49.0 Å². The molecular formula is C29H30O10. The van der Waals surface area contributed by atoms with Gasteiger partial charge in [-0.25, -0.2) is 14.4 Å². The zero-order valence-corrected chi connectivity index (χ0v) is 22.9. The fourth-order valence-corrected chi connectivity index (χ4v) is 4.43. The first kappa shape index (κ1) is 28.8. The van der Waals surface area contributed by atoms with E-state index in [1.165, 1.54) is 40.0 Å². The number of aromatic carboxylic acids is 1. The number of benzene rings is 3. The van der Waals surface area contributed by atoms with Crippen molar-refractivity contribution in [1.29, 1.82) is 0 Å². The second-order valence-corrected chi connectivity index (χ2v) is 9.30. The van der Waals surface area contributed by atoms with Crippen LogP contribution in [-0.2, 0) is 0 Å². The van der Waals surface area contributed by atoms with Crippen LogP contribution in [0.25, 0.3) is 0 Å². The molecule has 3 aromatic carbocycles. The van der Waals surface area contributed by atoms with Crippen LogP contribution in [0, 0.1) is 48.5 Å². The number of phenolic OH excluding ortho intramolecular Hbond substituents is 2. The Balaban J connectivity index is 2.05. The number of aryl methyl sites for hydroxylation is 2. The van der Waals surface area contributed by atoms with Crippen molar-refractivity contribution in [3.8, 4) is 34.5 Å². The lowest BCUT2D eigenvalue weighted by Gasteiger charge is -2.20. The summed E-state index contributed by atoms with van der Waals surface area (Å²) in [5.41, 5.74) is 1.42. The van der Waals surface area contributed by atoms with Crippen molar-refractivity contribution >= 4 is 17.9 Å². The number of esters is 2. The molecule has 206 valence electrons. The van der Waals surface area contributed by atoms with Gasteiger partial charge in [0.25, 0.3) is 0 Å². The Labute approximate surface area is 225 Å². The average Bonchev–Trinajstić information content (AvgIpc) is 2.85. The number of methoxy groups -OCH3 is 1. The predicted molar refractivity (Wildman–Crippen MR) is 141 cm³/mol. The lowest BCUT2D eigenvalue weighted by Crippen LogP contribution is -2.17. The summed E-state index contributed by atoms with van der Waals surface area (Å²) in [4.78, 5) is 37.9. The molecule has 0 radical (unpaired) electrons. The highest BCUT2D eigenvalue weighted by Gasteiger charge is 2.29. The number of aromatic hydroxyl groups is 3. The molecular weight excluding hydrogens is 508 g/mol. The van der Waals surface area contributed by atoms with E-state index in [0.717, 1.165) is 0 Å². The van der Waals surface area contributed by atoms with Crippen LogP contribution in [0.1, 0.15) is 70.0 Å². The van der Waals surface area contributed by atoms with Gasteiger partial charge in [0.05, 0.1) is 7.11 Å². The van der Waals surface area contributed by atoms with E-state index in [1.54, 1.807) is 27.7 Å². The molecule has 10 nitrogen and oxygen atoms in total. The van der Waals surface area contributed by atoms with Gasteiger partial charge in [-0.3, -0.25) is 0 Å². The number of hydrogen-bond acceptors (Lipinski definition) is 9. The molecule has 0 saturated heterocycles. The van der Waals surface area contributed by atoms with E-state index in [1.807, 2.05) is 0 Å². The topological polar surface area (TPSA) is 160 Å². The molecule has 0 aliphatic rings. The molecule has 0 heterocycles.